The standard InChI is InChI=1S/C7H10O5/c1-9-6(8)7-4-2-3-5(10-7)11-12-7/h5H,2-4H2,1H3/t5-,7-/m1/s1. The van der Waals surface area contributed by atoms with Crippen molar-refractivity contribution in [3.63, 3.8) is 0 Å². The van der Waals surface area contributed by atoms with Crippen LogP contribution in [0.25, 0.3) is 0 Å². The predicted molar refractivity (Wildman–Crippen MR) is 35.6 cm³/mol. The second kappa shape index (κ2) is 2.69. The van der Waals surface area contributed by atoms with E-state index >= 15 is 0 Å². The van der Waals surface area contributed by atoms with Crippen molar-refractivity contribution < 1.29 is 24.0 Å². The molecule has 0 amide bonds. The van der Waals surface area contributed by atoms with Crippen molar-refractivity contribution in [3.05, 3.63) is 0 Å². The van der Waals surface area contributed by atoms with Crippen molar-refractivity contribution in [1.29, 1.82) is 0 Å². The molecular formula is C7H10O5. The minimum atomic E-state index is -1.28. The zero-order valence-corrected chi connectivity index (χ0v) is 6.74. The maximum absolute atomic E-state index is 11.2. The molecule has 0 unspecified atom stereocenters. The molecule has 2 bridgehead atoms. The van der Waals surface area contributed by atoms with Crippen LogP contribution in [0.2, 0.25) is 0 Å². The topological polar surface area (TPSA) is 54.0 Å². The fourth-order valence-electron chi connectivity index (χ4n) is 1.43. The smallest absolute Gasteiger partial charge is 0.369 e. The molecule has 2 aliphatic rings. The Hall–Kier alpha value is -0.650. The van der Waals surface area contributed by atoms with Gasteiger partial charge in [-0.2, -0.15) is 4.89 Å². The minimum absolute atomic E-state index is 0.405. The minimum Gasteiger partial charge on any atom is -0.465 e. The molecule has 0 saturated carbocycles. The van der Waals surface area contributed by atoms with Crippen LogP contribution in [0.5, 0.6) is 0 Å². The van der Waals surface area contributed by atoms with Crippen LogP contribution in [0.3, 0.4) is 0 Å². The van der Waals surface area contributed by atoms with Gasteiger partial charge in [-0.05, 0) is 6.42 Å². The summed E-state index contributed by atoms with van der Waals surface area (Å²) in [5, 5.41) is 0. The maximum Gasteiger partial charge on any atom is 0.369 e. The van der Waals surface area contributed by atoms with Crippen LogP contribution in [-0.2, 0) is 24.0 Å². The Morgan fingerprint density at radius 1 is 1.67 bits per heavy atom. The number of fused-ring (bicyclic) bond motifs is 2. The fraction of sp³-hybridized carbons (Fsp3) is 0.857. The van der Waals surface area contributed by atoms with Gasteiger partial charge in [0.25, 0.3) is 0 Å². The van der Waals surface area contributed by atoms with E-state index in [9.17, 15) is 4.79 Å². The summed E-state index contributed by atoms with van der Waals surface area (Å²) in [6.07, 6.45) is 1.70. The predicted octanol–water partition coefficient (Wildman–Crippen LogP) is 0.344. The highest BCUT2D eigenvalue weighted by Crippen LogP contribution is 2.37. The van der Waals surface area contributed by atoms with Gasteiger partial charge in [0.05, 0.1) is 7.11 Å². The summed E-state index contributed by atoms with van der Waals surface area (Å²) in [4.78, 5) is 20.8. The van der Waals surface area contributed by atoms with Crippen LogP contribution >= 0.6 is 0 Å². The van der Waals surface area contributed by atoms with Crippen molar-refractivity contribution in [2.24, 2.45) is 0 Å². The third-order valence-electron chi connectivity index (χ3n) is 2.05. The number of rotatable bonds is 1. The number of methoxy groups -OCH3 is 1. The third-order valence-corrected chi connectivity index (χ3v) is 2.05. The van der Waals surface area contributed by atoms with Gasteiger partial charge in [-0.25, -0.2) is 9.68 Å². The first-order valence-electron chi connectivity index (χ1n) is 3.87. The largest absolute Gasteiger partial charge is 0.465 e. The van der Waals surface area contributed by atoms with Gasteiger partial charge >= 0.3 is 11.8 Å². The summed E-state index contributed by atoms with van der Waals surface area (Å²) >= 11 is 0. The Morgan fingerprint density at radius 3 is 3.25 bits per heavy atom. The first-order chi connectivity index (χ1) is 5.77. The third kappa shape index (κ3) is 1.01. The lowest BCUT2D eigenvalue weighted by Crippen LogP contribution is -2.43. The fourth-order valence-corrected chi connectivity index (χ4v) is 1.43. The van der Waals surface area contributed by atoms with Crippen LogP contribution < -0.4 is 0 Å². The molecule has 0 aromatic rings. The van der Waals surface area contributed by atoms with E-state index in [-0.39, 0.29) is 0 Å². The number of carbonyl (C=O) groups is 1. The Morgan fingerprint density at radius 2 is 2.50 bits per heavy atom. The average Bonchev–Trinajstić information content (AvgIpc) is 2.42. The van der Waals surface area contributed by atoms with E-state index in [1.165, 1.54) is 7.11 Å². The molecule has 0 spiro atoms. The van der Waals surface area contributed by atoms with Crippen LogP contribution in [0.4, 0.5) is 0 Å². The molecule has 2 atom stereocenters. The van der Waals surface area contributed by atoms with Gasteiger partial charge in [-0.3, -0.25) is 0 Å². The van der Waals surface area contributed by atoms with Crippen molar-refractivity contribution in [3.8, 4) is 0 Å². The second-order valence-corrected chi connectivity index (χ2v) is 2.86. The number of hydrogen-bond donors (Lipinski definition) is 0. The average molecular weight is 174 g/mol. The van der Waals surface area contributed by atoms with Crippen LogP contribution in [0, 0.1) is 0 Å². The van der Waals surface area contributed by atoms with Crippen molar-refractivity contribution >= 4 is 5.97 Å². The molecule has 0 radical (unpaired) electrons. The first-order valence-corrected chi connectivity index (χ1v) is 3.87. The molecular weight excluding hydrogens is 164 g/mol. The number of ether oxygens (including phenoxy) is 2. The Balaban J connectivity index is 2.15. The molecule has 0 N–H and O–H groups in total. The molecule has 2 fully saturated rings. The molecule has 2 aliphatic heterocycles. The molecule has 2 saturated heterocycles. The maximum atomic E-state index is 11.2. The van der Waals surface area contributed by atoms with E-state index in [0.717, 1.165) is 12.8 Å². The molecule has 2 heterocycles. The highest BCUT2D eigenvalue weighted by Gasteiger charge is 2.53. The Kier molecular flexibility index (Phi) is 1.79. The van der Waals surface area contributed by atoms with Crippen molar-refractivity contribution in [2.45, 2.75) is 31.3 Å². The molecule has 5 nitrogen and oxygen atoms in total. The zero-order valence-electron chi connectivity index (χ0n) is 6.74. The van der Waals surface area contributed by atoms with Gasteiger partial charge in [-0.1, -0.05) is 0 Å². The summed E-state index contributed by atoms with van der Waals surface area (Å²) in [5.74, 6) is -1.80. The summed E-state index contributed by atoms with van der Waals surface area (Å²) < 4.78 is 9.76. The molecule has 5 heteroatoms. The van der Waals surface area contributed by atoms with E-state index in [1.807, 2.05) is 0 Å². The molecule has 12 heavy (non-hydrogen) atoms. The van der Waals surface area contributed by atoms with Crippen LogP contribution in [0.15, 0.2) is 0 Å². The molecule has 0 aromatic heterocycles. The zero-order chi connectivity index (χ0) is 8.60. The van der Waals surface area contributed by atoms with Gasteiger partial charge in [0.15, 0.2) is 6.29 Å². The lowest BCUT2D eigenvalue weighted by Gasteiger charge is -2.24. The molecule has 0 aromatic carbocycles. The van der Waals surface area contributed by atoms with E-state index in [2.05, 4.69) is 4.74 Å². The van der Waals surface area contributed by atoms with E-state index < -0.39 is 18.0 Å². The van der Waals surface area contributed by atoms with Gasteiger partial charge in [-0.15, -0.1) is 0 Å². The van der Waals surface area contributed by atoms with Crippen LogP contribution in [0.1, 0.15) is 19.3 Å². The van der Waals surface area contributed by atoms with Gasteiger partial charge in [0.1, 0.15) is 0 Å². The van der Waals surface area contributed by atoms with Gasteiger partial charge < -0.3 is 9.47 Å². The van der Waals surface area contributed by atoms with E-state index in [1.54, 1.807) is 0 Å². The van der Waals surface area contributed by atoms with E-state index in [4.69, 9.17) is 14.5 Å². The van der Waals surface area contributed by atoms with Gasteiger partial charge in [0.2, 0.25) is 0 Å². The normalized spacial score (nSPS) is 39.6. The lowest BCUT2D eigenvalue weighted by molar-refractivity contribution is -0.320. The van der Waals surface area contributed by atoms with E-state index in [0.29, 0.717) is 6.42 Å². The lowest BCUT2D eigenvalue weighted by atomic mass is 10.1. The van der Waals surface area contributed by atoms with Crippen molar-refractivity contribution in [1.82, 2.24) is 0 Å². The molecule has 2 rings (SSSR count). The van der Waals surface area contributed by atoms with Crippen LogP contribution in [-0.4, -0.2) is 25.2 Å². The number of hydrogen-bond acceptors (Lipinski definition) is 5. The Labute approximate surface area is 69.5 Å². The summed E-state index contributed by atoms with van der Waals surface area (Å²) in [6.45, 7) is 0. The monoisotopic (exact) mass is 174 g/mol. The van der Waals surface area contributed by atoms with Gasteiger partial charge in [0, 0.05) is 12.8 Å². The quantitative estimate of drug-likeness (QED) is 0.424. The number of carbonyl (C=O) groups excluding carboxylic acids is 1. The molecule has 0 aliphatic carbocycles. The Bertz CT molecular complexity index is 200. The second-order valence-electron chi connectivity index (χ2n) is 2.86. The number of esters is 1. The summed E-state index contributed by atoms with van der Waals surface area (Å²) in [7, 11) is 1.30. The highest BCUT2D eigenvalue weighted by molar-refractivity contribution is 5.77. The van der Waals surface area contributed by atoms with Crippen molar-refractivity contribution in [2.75, 3.05) is 7.11 Å². The summed E-state index contributed by atoms with van der Waals surface area (Å²) in [5.41, 5.74) is 0. The first kappa shape index (κ1) is 7.97. The highest BCUT2D eigenvalue weighted by atomic mass is 17.3. The summed E-state index contributed by atoms with van der Waals surface area (Å²) in [6, 6.07) is 0. The molecule has 68 valence electrons. The SMILES string of the molecule is COC(=O)[C@@]12CCC[C@@H](OO1)O2.